The summed E-state index contributed by atoms with van der Waals surface area (Å²) in [5.41, 5.74) is 10.6. The third-order valence-electron chi connectivity index (χ3n) is 5.13. The third kappa shape index (κ3) is 6.97. The van der Waals surface area contributed by atoms with Crippen LogP contribution in [0.15, 0.2) is 59.5 Å². The molecule has 1 aromatic heterocycles. The lowest BCUT2D eigenvalue weighted by Crippen LogP contribution is -2.29. The number of anilines is 1. The van der Waals surface area contributed by atoms with E-state index in [1.807, 2.05) is 24.3 Å². The number of rotatable bonds is 10. The highest BCUT2D eigenvalue weighted by molar-refractivity contribution is 8.00. The Kier molecular flexibility index (Phi) is 8.36. The summed E-state index contributed by atoms with van der Waals surface area (Å²) in [5, 5.41) is 9.23. The minimum Gasteiger partial charge on any atom is -0.492 e. The molecule has 0 fully saturated rings. The number of aromatic nitrogens is 1. The van der Waals surface area contributed by atoms with Crippen molar-refractivity contribution in [2.24, 2.45) is 11.7 Å². The smallest absolute Gasteiger partial charge is 0.335 e. The molecule has 0 saturated heterocycles. The minimum absolute atomic E-state index is 0.0497. The Hall–Kier alpha value is -3.03. The Bertz CT molecular complexity index is 1100. The van der Waals surface area contributed by atoms with Crippen LogP contribution in [-0.2, 0) is 0 Å². The number of hydrogen-bond acceptors (Lipinski definition) is 6. The van der Waals surface area contributed by atoms with Gasteiger partial charge >= 0.3 is 5.97 Å². The molecule has 7 heteroatoms. The van der Waals surface area contributed by atoms with Gasteiger partial charge in [-0.3, -0.25) is 0 Å². The van der Waals surface area contributed by atoms with Gasteiger partial charge in [-0.2, -0.15) is 0 Å². The summed E-state index contributed by atoms with van der Waals surface area (Å²) in [6.45, 7) is 8.83. The molecule has 174 valence electrons. The highest BCUT2D eigenvalue weighted by Gasteiger charge is 2.13. The van der Waals surface area contributed by atoms with Crippen molar-refractivity contribution >= 4 is 23.7 Å². The molecule has 3 aromatic rings. The standard InChI is InChI=1S/C26H31N3O3S/c1-16(2)11-20(27)15-32-21-13-23(25-17(3)7-5-8-18(25)4)28-24(14-21)29-33-22-10-6-9-19(12-22)26(30)31/h5-10,12-14,16,20H,11,15,27H2,1-4H3,(H,28,29)(H,30,31). The topological polar surface area (TPSA) is 97.5 Å². The molecule has 1 unspecified atom stereocenters. The number of nitrogens with zero attached hydrogens (tertiary/aromatic N) is 1. The van der Waals surface area contributed by atoms with E-state index >= 15 is 0 Å². The maximum Gasteiger partial charge on any atom is 0.335 e. The number of nitrogens with one attached hydrogen (secondary N) is 1. The SMILES string of the molecule is Cc1cccc(C)c1-c1cc(OCC(N)CC(C)C)cc(NSc2cccc(C(=O)O)c2)n1. The van der Waals surface area contributed by atoms with Crippen LogP contribution in [0.3, 0.4) is 0 Å². The van der Waals surface area contributed by atoms with Crippen molar-refractivity contribution in [3.63, 3.8) is 0 Å². The first-order valence-electron chi connectivity index (χ1n) is 11.0. The number of benzene rings is 2. The van der Waals surface area contributed by atoms with Gasteiger partial charge in [0, 0.05) is 28.6 Å². The molecule has 1 atom stereocenters. The van der Waals surface area contributed by atoms with Crippen LogP contribution in [0.4, 0.5) is 5.82 Å². The Balaban J connectivity index is 1.88. The van der Waals surface area contributed by atoms with Gasteiger partial charge in [0.1, 0.15) is 18.2 Å². The van der Waals surface area contributed by atoms with Gasteiger partial charge in [-0.25, -0.2) is 9.78 Å². The lowest BCUT2D eigenvalue weighted by atomic mass is 9.99. The molecule has 6 nitrogen and oxygen atoms in total. The molecular weight excluding hydrogens is 434 g/mol. The number of carbonyl (C=O) groups is 1. The highest BCUT2D eigenvalue weighted by atomic mass is 32.2. The number of hydrogen-bond donors (Lipinski definition) is 3. The van der Waals surface area contributed by atoms with E-state index in [1.165, 1.54) is 11.9 Å². The molecule has 0 bridgehead atoms. The van der Waals surface area contributed by atoms with Gasteiger partial charge in [0.15, 0.2) is 0 Å². The summed E-state index contributed by atoms with van der Waals surface area (Å²) in [5.74, 6) is 0.847. The van der Waals surface area contributed by atoms with E-state index in [9.17, 15) is 9.90 Å². The van der Waals surface area contributed by atoms with Crippen molar-refractivity contribution in [1.29, 1.82) is 0 Å². The van der Waals surface area contributed by atoms with E-state index in [-0.39, 0.29) is 11.6 Å². The van der Waals surface area contributed by atoms with E-state index in [0.717, 1.165) is 33.7 Å². The molecule has 0 aliphatic heterocycles. The quantitative estimate of drug-likeness (QED) is 0.319. The van der Waals surface area contributed by atoms with Crippen LogP contribution in [0.1, 0.15) is 41.8 Å². The van der Waals surface area contributed by atoms with Crippen LogP contribution < -0.4 is 15.2 Å². The van der Waals surface area contributed by atoms with Crippen LogP contribution in [0, 0.1) is 19.8 Å². The van der Waals surface area contributed by atoms with Crippen LogP contribution >= 0.6 is 11.9 Å². The van der Waals surface area contributed by atoms with Crippen molar-refractivity contribution in [3.05, 3.63) is 71.3 Å². The fourth-order valence-corrected chi connectivity index (χ4v) is 4.33. The molecule has 1 heterocycles. The second-order valence-corrected chi connectivity index (χ2v) is 9.46. The number of carboxylic acid groups (broad SMARTS) is 1. The van der Waals surface area contributed by atoms with Gasteiger partial charge in [0.2, 0.25) is 0 Å². The first-order valence-corrected chi connectivity index (χ1v) is 11.8. The van der Waals surface area contributed by atoms with Crippen LogP contribution in [0.2, 0.25) is 0 Å². The molecule has 0 aliphatic carbocycles. The second-order valence-electron chi connectivity index (χ2n) is 8.58. The van der Waals surface area contributed by atoms with Gasteiger partial charge in [-0.05, 0) is 67.5 Å². The monoisotopic (exact) mass is 465 g/mol. The largest absolute Gasteiger partial charge is 0.492 e. The molecule has 3 rings (SSSR count). The molecule has 0 amide bonds. The molecule has 0 saturated carbocycles. The number of aromatic carboxylic acids is 1. The average molecular weight is 466 g/mol. The number of pyridine rings is 1. The van der Waals surface area contributed by atoms with Crippen molar-refractivity contribution < 1.29 is 14.6 Å². The molecule has 0 radical (unpaired) electrons. The van der Waals surface area contributed by atoms with E-state index in [1.54, 1.807) is 18.2 Å². The second kappa shape index (κ2) is 11.2. The van der Waals surface area contributed by atoms with E-state index in [4.69, 9.17) is 15.5 Å². The highest BCUT2D eigenvalue weighted by Crippen LogP contribution is 2.32. The summed E-state index contributed by atoms with van der Waals surface area (Å²) >= 11 is 1.30. The Morgan fingerprint density at radius 2 is 1.82 bits per heavy atom. The lowest BCUT2D eigenvalue weighted by Gasteiger charge is -2.17. The fourth-order valence-electron chi connectivity index (χ4n) is 3.67. The van der Waals surface area contributed by atoms with E-state index < -0.39 is 5.97 Å². The van der Waals surface area contributed by atoms with Crippen molar-refractivity contribution in [1.82, 2.24) is 4.98 Å². The number of aryl methyl sites for hydroxylation is 2. The van der Waals surface area contributed by atoms with Gasteiger partial charge in [0.05, 0.1) is 11.3 Å². The number of carboxylic acids is 1. The summed E-state index contributed by atoms with van der Waals surface area (Å²) in [4.78, 5) is 16.8. The van der Waals surface area contributed by atoms with Crippen molar-refractivity contribution in [2.45, 2.75) is 45.1 Å². The predicted molar refractivity (Wildman–Crippen MR) is 135 cm³/mol. The maximum atomic E-state index is 11.3. The van der Waals surface area contributed by atoms with Crippen LogP contribution in [-0.4, -0.2) is 28.7 Å². The summed E-state index contributed by atoms with van der Waals surface area (Å²) in [7, 11) is 0. The van der Waals surface area contributed by atoms with Crippen LogP contribution in [0.5, 0.6) is 5.75 Å². The minimum atomic E-state index is -0.957. The Labute approximate surface area is 199 Å². The lowest BCUT2D eigenvalue weighted by molar-refractivity contribution is 0.0696. The number of ether oxygens (including phenoxy) is 1. The molecule has 2 aromatic carbocycles. The molecule has 4 N–H and O–H groups in total. The van der Waals surface area contributed by atoms with E-state index in [2.05, 4.69) is 44.5 Å². The average Bonchev–Trinajstić information content (AvgIpc) is 2.76. The zero-order chi connectivity index (χ0) is 24.0. The third-order valence-corrected chi connectivity index (χ3v) is 5.93. The first-order chi connectivity index (χ1) is 15.7. The molecular formula is C26H31N3O3S. The molecule has 0 aliphatic rings. The Morgan fingerprint density at radius 3 is 2.48 bits per heavy atom. The summed E-state index contributed by atoms with van der Waals surface area (Å²) in [6.07, 6.45) is 0.885. The van der Waals surface area contributed by atoms with Gasteiger partial charge in [-0.15, -0.1) is 0 Å². The number of nitrogens with two attached hydrogens (primary N) is 1. The molecule has 0 spiro atoms. The fraction of sp³-hybridized carbons (Fsp3) is 0.308. The zero-order valence-corrected chi connectivity index (χ0v) is 20.3. The van der Waals surface area contributed by atoms with Crippen molar-refractivity contribution in [3.8, 4) is 17.0 Å². The van der Waals surface area contributed by atoms with E-state index in [0.29, 0.717) is 24.1 Å². The van der Waals surface area contributed by atoms with Gasteiger partial charge < -0.3 is 20.3 Å². The summed E-state index contributed by atoms with van der Waals surface area (Å²) in [6, 6.07) is 16.7. The molecule has 33 heavy (non-hydrogen) atoms. The van der Waals surface area contributed by atoms with Crippen molar-refractivity contribution in [2.75, 3.05) is 11.3 Å². The predicted octanol–water partition coefficient (Wildman–Crippen LogP) is 5.94. The van der Waals surface area contributed by atoms with Crippen LogP contribution in [0.25, 0.3) is 11.3 Å². The Morgan fingerprint density at radius 1 is 1.12 bits per heavy atom. The van der Waals surface area contributed by atoms with Gasteiger partial charge in [0.25, 0.3) is 0 Å². The first kappa shape index (κ1) is 24.6. The summed E-state index contributed by atoms with van der Waals surface area (Å²) < 4.78 is 9.30. The zero-order valence-electron chi connectivity index (χ0n) is 19.5. The van der Waals surface area contributed by atoms with Gasteiger partial charge in [-0.1, -0.05) is 38.1 Å². The maximum absolute atomic E-state index is 11.3. The normalized spacial score (nSPS) is 11.9.